The highest BCUT2D eigenvalue weighted by Crippen LogP contribution is 2.30. The first-order valence-corrected chi connectivity index (χ1v) is 17.4. The number of thiophene rings is 1. The van der Waals surface area contributed by atoms with Crippen molar-refractivity contribution >= 4 is 29.1 Å². The summed E-state index contributed by atoms with van der Waals surface area (Å²) < 4.78 is 15.2. The van der Waals surface area contributed by atoms with Crippen molar-refractivity contribution in [2.24, 2.45) is 0 Å². The van der Waals surface area contributed by atoms with E-state index in [0.29, 0.717) is 27.4 Å². The monoisotopic (exact) mass is 692 g/mol. The van der Waals surface area contributed by atoms with E-state index < -0.39 is 29.9 Å². The summed E-state index contributed by atoms with van der Waals surface area (Å²) in [6.45, 7) is 9.67. The molecule has 0 radical (unpaired) electrons. The van der Waals surface area contributed by atoms with Crippen LogP contribution in [0, 0.1) is 5.82 Å². The third-order valence-electron chi connectivity index (χ3n) is 8.33. The van der Waals surface area contributed by atoms with E-state index in [4.69, 9.17) is 0 Å². The number of carboxylic acids is 1. The zero-order valence-corrected chi connectivity index (χ0v) is 29.6. The molecular weight excluding hydrogens is 652 g/mol. The number of halogens is 1. The third kappa shape index (κ3) is 8.87. The van der Waals surface area contributed by atoms with Gasteiger partial charge in [-0.05, 0) is 59.2 Å². The molecule has 10 heteroatoms. The summed E-state index contributed by atoms with van der Waals surface area (Å²) in [6.07, 6.45) is 5.38. The van der Waals surface area contributed by atoms with E-state index in [1.165, 1.54) is 29.9 Å². The summed E-state index contributed by atoms with van der Waals surface area (Å²) in [4.78, 5) is 48.2. The lowest BCUT2D eigenvalue weighted by Gasteiger charge is -2.20. The first-order chi connectivity index (χ1) is 23.8. The molecular formula is C40H41FN4O4S. The molecule has 5 aromatic rings. The predicted molar refractivity (Wildman–Crippen MR) is 196 cm³/mol. The number of carbonyl (C=O) groups excluding carboxylic acids is 2. The smallest absolute Gasteiger partial charge is 0.325 e. The Bertz CT molecular complexity index is 1970. The number of amides is 2. The molecule has 0 aliphatic carbocycles. The first-order valence-electron chi connectivity index (χ1n) is 16.6. The Morgan fingerprint density at radius 3 is 2.02 bits per heavy atom. The number of nitrogens with zero attached hydrogens (tertiary/aromatic N) is 2. The van der Waals surface area contributed by atoms with Gasteiger partial charge in [0.15, 0.2) is 5.82 Å². The van der Waals surface area contributed by atoms with E-state index in [9.17, 15) is 19.5 Å². The molecule has 8 nitrogen and oxygen atoms in total. The Morgan fingerprint density at radius 1 is 0.820 bits per heavy atom. The first kappa shape index (κ1) is 36.1. The predicted octanol–water partition coefficient (Wildman–Crippen LogP) is 7.86. The molecule has 2 heterocycles. The summed E-state index contributed by atoms with van der Waals surface area (Å²) in [5.74, 6) is -2.12. The van der Waals surface area contributed by atoms with Gasteiger partial charge in [-0.15, -0.1) is 11.3 Å². The molecule has 50 heavy (non-hydrogen) atoms. The SMILES string of the molecule is CCCc1ccc(-c2ccc(-c3cnc(-c4ccc(C[C@H](NC(=O)c5ccc(C(C)(C)C)s5)C(=O)N[C@H](C)C(=O)O)cc4)nc3)c(F)c2)cc1. The van der Waals surface area contributed by atoms with Crippen LogP contribution in [0.15, 0.2) is 91.3 Å². The number of aromatic nitrogens is 2. The Labute approximate surface area is 295 Å². The Hall–Kier alpha value is -5.22. The van der Waals surface area contributed by atoms with Gasteiger partial charge in [-0.3, -0.25) is 14.4 Å². The molecule has 3 N–H and O–H groups in total. The number of benzene rings is 3. The van der Waals surface area contributed by atoms with Crippen molar-refractivity contribution in [3.8, 4) is 33.6 Å². The van der Waals surface area contributed by atoms with Gasteiger partial charge >= 0.3 is 5.97 Å². The van der Waals surface area contributed by atoms with Crippen LogP contribution in [-0.2, 0) is 27.8 Å². The molecule has 5 rings (SSSR count). The topological polar surface area (TPSA) is 121 Å². The van der Waals surface area contributed by atoms with Gasteiger partial charge in [0.05, 0.1) is 4.88 Å². The molecule has 0 spiro atoms. The van der Waals surface area contributed by atoms with Gasteiger partial charge in [-0.2, -0.15) is 0 Å². The summed E-state index contributed by atoms with van der Waals surface area (Å²) in [5, 5.41) is 14.6. The number of aryl methyl sites for hydroxylation is 1. The summed E-state index contributed by atoms with van der Waals surface area (Å²) in [6, 6.07) is 22.0. The van der Waals surface area contributed by atoms with Crippen LogP contribution in [0.25, 0.3) is 33.6 Å². The summed E-state index contributed by atoms with van der Waals surface area (Å²) in [5.41, 5.74) is 5.26. The average molecular weight is 693 g/mol. The van der Waals surface area contributed by atoms with Crippen LogP contribution in [0.4, 0.5) is 4.39 Å². The molecule has 3 aromatic carbocycles. The van der Waals surface area contributed by atoms with Crippen molar-refractivity contribution < 1.29 is 23.9 Å². The van der Waals surface area contributed by atoms with Gasteiger partial charge in [0.2, 0.25) is 5.91 Å². The van der Waals surface area contributed by atoms with E-state index >= 15 is 4.39 Å². The van der Waals surface area contributed by atoms with Crippen LogP contribution in [-0.4, -0.2) is 44.9 Å². The van der Waals surface area contributed by atoms with E-state index in [-0.39, 0.29) is 17.7 Å². The maximum Gasteiger partial charge on any atom is 0.325 e. The maximum atomic E-state index is 15.2. The fourth-order valence-electron chi connectivity index (χ4n) is 5.40. The van der Waals surface area contributed by atoms with Crippen molar-refractivity contribution in [2.75, 3.05) is 0 Å². The van der Waals surface area contributed by atoms with Crippen molar-refractivity contribution in [1.82, 2.24) is 20.6 Å². The number of nitrogens with one attached hydrogen (secondary N) is 2. The Balaban J connectivity index is 1.29. The van der Waals surface area contributed by atoms with Crippen LogP contribution in [0.1, 0.15) is 66.7 Å². The zero-order valence-electron chi connectivity index (χ0n) is 28.8. The van der Waals surface area contributed by atoms with Gasteiger partial charge in [-0.25, -0.2) is 14.4 Å². The normalized spacial score (nSPS) is 12.6. The summed E-state index contributed by atoms with van der Waals surface area (Å²) in [7, 11) is 0. The van der Waals surface area contributed by atoms with Crippen molar-refractivity contribution in [2.45, 2.75) is 71.4 Å². The van der Waals surface area contributed by atoms with Gasteiger partial charge in [0.1, 0.15) is 17.9 Å². The van der Waals surface area contributed by atoms with E-state index in [1.807, 2.05) is 24.3 Å². The number of carbonyl (C=O) groups is 3. The number of rotatable bonds is 12. The second kappa shape index (κ2) is 15.6. The van der Waals surface area contributed by atoms with Gasteiger partial charge in [-0.1, -0.05) is 94.8 Å². The minimum atomic E-state index is -1.18. The lowest BCUT2D eigenvalue weighted by atomic mass is 9.95. The maximum absolute atomic E-state index is 15.2. The fraction of sp³-hybridized carbons (Fsp3) is 0.275. The second-order valence-electron chi connectivity index (χ2n) is 13.3. The standard InChI is InChI=1S/C40H41FN4O4S/c1-6-7-25-8-12-27(13-9-25)29-16-17-31(32(41)21-29)30-22-42-36(43-23-30)28-14-10-26(11-15-28)20-33(37(46)44-24(2)39(48)49)45-38(47)34-18-19-35(50-34)40(3,4)5/h8-19,21-24,33H,6-7,20H2,1-5H3,(H,44,46)(H,45,47)(H,48,49)/t24-,33+/m1/s1. The molecule has 2 aromatic heterocycles. The molecule has 0 saturated heterocycles. The minimum Gasteiger partial charge on any atom is -0.480 e. The van der Waals surface area contributed by atoms with Crippen molar-refractivity contribution in [3.63, 3.8) is 0 Å². The number of aliphatic carboxylic acids is 1. The van der Waals surface area contributed by atoms with E-state index in [0.717, 1.165) is 34.4 Å². The highest BCUT2D eigenvalue weighted by atomic mass is 32.1. The quantitative estimate of drug-likeness (QED) is 0.122. The number of carboxylic acid groups (broad SMARTS) is 1. The van der Waals surface area contributed by atoms with E-state index in [2.05, 4.69) is 60.4 Å². The van der Waals surface area contributed by atoms with Gasteiger partial charge < -0.3 is 15.7 Å². The van der Waals surface area contributed by atoms with E-state index in [1.54, 1.807) is 48.8 Å². The van der Waals surface area contributed by atoms with Crippen LogP contribution in [0.3, 0.4) is 0 Å². The summed E-state index contributed by atoms with van der Waals surface area (Å²) >= 11 is 1.36. The average Bonchev–Trinajstić information content (AvgIpc) is 3.61. The molecule has 0 saturated carbocycles. The van der Waals surface area contributed by atoms with Crippen LogP contribution in [0.2, 0.25) is 0 Å². The molecule has 0 fully saturated rings. The van der Waals surface area contributed by atoms with Crippen molar-refractivity contribution in [1.29, 1.82) is 0 Å². The molecule has 0 bridgehead atoms. The number of hydrogen-bond donors (Lipinski definition) is 3. The molecule has 2 amide bonds. The Morgan fingerprint density at radius 2 is 1.44 bits per heavy atom. The molecule has 0 aliphatic rings. The molecule has 0 unspecified atom stereocenters. The number of hydrogen-bond acceptors (Lipinski definition) is 6. The highest BCUT2D eigenvalue weighted by molar-refractivity contribution is 7.14. The largest absolute Gasteiger partial charge is 0.480 e. The van der Waals surface area contributed by atoms with Crippen LogP contribution < -0.4 is 10.6 Å². The van der Waals surface area contributed by atoms with Gasteiger partial charge in [0, 0.05) is 40.4 Å². The minimum absolute atomic E-state index is 0.125. The molecule has 2 atom stereocenters. The second-order valence-corrected chi connectivity index (χ2v) is 14.4. The highest BCUT2D eigenvalue weighted by Gasteiger charge is 2.26. The van der Waals surface area contributed by atoms with Crippen LogP contribution in [0.5, 0.6) is 0 Å². The lowest BCUT2D eigenvalue weighted by molar-refractivity contribution is -0.141. The fourth-order valence-corrected chi connectivity index (χ4v) is 6.37. The molecule has 0 aliphatic heterocycles. The third-order valence-corrected chi connectivity index (χ3v) is 9.84. The van der Waals surface area contributed by atoms with Crippen molar-refractivity contribution in [3.05, 3.63) is 118 Å². The molecule has 258 valence electrons. The van der Waals surface area contributed by atoms with Gasteiger partial charge in [0.25, 0.3) is 5.91 Å². The zero-order chi connectivity index (χ0) is 36.0. The van der Waals surface area contributed by atoms with Crippen LogP contribution >= 0.6 is 11.3 Å². The lowest BCUT2D eigenvalue weighted by Crippen LogP contribution is -2.51. The Kier molecular flexibility index (Phi) is 11.2.